The number of halogens is 2. The lowest BCUT2D eigenvalue weighted by atomic mass is 10.2. The minimum absolute atomic E-state index is 0.0479. The number of carbonyl (C=O) groups excluding carboxylic acids is 2. The molecule has 1 aromatic heterocycles. The summed E-state index contributed by atoms with van der Waals surface area (Å²) in [7, 11) is 0. The summed E-state index contributed by atoms with van der Waals surface area (Å²) in [5, 5.41) is 3.16. The van der Waals surface area contributed by atoms with E-state index in [9.17, 15) is 14.0 Å². The first-order chi connectivity index (χ1) is 13.0. The molecular formula is C20H15ClFNO4. The molecule has 0 bridgehead atoms. The van der Waals surface area contributed by atoms with Crippen LogP contribution in [0.3, 0.4) is 0 Å². The molecule has 0 fully saturated rings. The highest BCUT2D eigenvalue weighted by Gasteiger charge is 2.15. The van der Waals surface area contributed by atoms with Gasteiger partial charge in [-0.1, -0.05) is 29.8 Å². The van der Waals surface area contributed by atoms with Gasteiger partial charge < -0.3 is 14.5 Å². The molecule has 1 N–H and O–H groups in total. The molecule has 138 valence electrons. The SMILES string of the molecule is O=C(COC(=O)c1ccc(-c2ccc(F)cc2)o1)NCc1ccccc1Cl. The summed E-state index contributed by atoms with van der Waals surface area (Å²) in [6.45, 7) is -0.221. The second kappa shape index (κ2) is 8.51. The van der Waals surface area contributed by atoms with Crippen molar-refractivity contribution in [2.24, 2.45) is 0 Å². The Bertz CT molecular complexity index is 953. The summed E-state index contributed by atoms with van der Waals surface area (Å²) in [6, 6.07) is 15.8. The van der Waals surface area contributed by atoms with Gasteiger partial charge in [-0.05, 0) is 48.0 Å². The minimum atomic E-state index is -0.767. The number of hydrogen-bond donors (Lipinski definition) is 1. The van der Waals surface area contributed by atoms with Gasteiger partial charge in [0.15, 0.2) is 6.61 Å². The fourth-order valence-corrected chi connectivity index (χ4v) is 2.51. The van der Waals surface area contributed by atoms with Crippen LogP contribution in [-0.4, -0.2) is 18.5 Å². The lowest BCUT2D eigenvalue weighted by Gasteiger charge is -2.07. The first kappa shape index (κ1) is 18.7. The smallest absolute Gasteiger partial charge is 0.374 e. The highest BCUT2D eigenvalue weighted by molar-refractivity contribution is 6.31. The second-order valence-electron chi connectivity index (χ2n) is 5.62. The maximum atomic E-state index is 13.0. The van der Waals surface area contributed by atoms with Crippen LogP contribution in [0.4, 0.5) is 4.39 Å². The summed E-state index contributed by atoms with van der Waals surface area (Å²) in [5.41, 5.74) is 1.38. The van der Waals surface area contributed by atoms with Gasteiger partial charge in [0.2, 0.25) is 5.76 Å². The normalized spacial score (nSPS) is 10.4. The Balaban J connectivity index is 1.51. The Kier molecular flexibility index (Phi) is 5.88. The highest BCUT2D eigenvalue weighted by atomic mass is 35.5. The van der Waals surface area contributed by atoms with Crippen molar-refractivity contribution in [2.45, 2.75) is 6.54 Å². The van der Waals surface area contributed by atoms with Gasteiger partial charge in [-0.15, -0.1) is 0 Å². The van der Waals surface area contributed by atoms with Crippen molar-refractivity contribution in [2.75, 3.05) is 6.61 Å². The van der Waals surface area contributed by atoms with Gasteiger partial charge in [-0.25, -0.2) is 9.18 Å². The molecule has 2 aromatic carbocycles. The molecule has 1 heterocycles. The summed E-state index contributed by atoms with van der Waals surface area (Å²) >= 11 is 6.01. The van der Waals surface area contributed by atoms with Gasteiger partial charge >= 0.3 is 5.97 Å². The molecule has 27 heavy (non-hydrogen) atoms. The molecule has 0 aliphatic rings. The number of amides is 1. The topological polar surface area (TPSA) is 68.5 Å². The molecule has 3 aromatic rings. The summed E-state index contributed by atoms with van der Waals surface area (Å²) < 4.78 is 23.3. The number of esters is 1. The van der Waals surface area contributed by atoms with E-state index in [4.69, 9.17) is 20.8 Å². The molecule has 0 aliphatic carbocycles. The molecule has 0 saturated heterocycles. The molecule has 5 nitrogen and oxygen atoms in total. The molecule has 0 saturated carbocycles. The highest BCUT2D eigenvalue weighted by Crippen LogP contribution is 2.22. The van der Waals surface area contributed by atoms with Gasteiger partial charge in [0, 0.05) is 17.1 Å². The Morgan fingerprint density at radius 3 is 2.52 bits per heavy atom. The van der Waals surface area contributed by atoms with E-state index in [1.54, 1.807) is 24.3 Å². The van der Waals surface area contributed by atoms with Crippen molar-refractivity contribution in [3.8, 4) is 11.3 Å². The summed E-state index contributed by atoms with van der Waals surface area (Å²) in [4.78, 5) is 23.8. The van der Waals surface area contributed by atoms with Crippen LogP contribution in [0.5, 0.6) is 0 Å². The van der Waals surface area contributed by atoms with Gasteiger partial charge in [0.1, 0.15) is 11.6 Å². The van der Waals surface area contributed by atoms with Crippen LogP contribution in [0.2, 0.25) is 5.02 Å². The summed E-state index contributed by atoms with van der Waals surface area (Å²) in [6.07, 6.45) is 0. The number of ether oxygens (including phenoxy) is 1. The van der Waals surface area contributed by atoms with Crippen LogP contribution in [0.1, 0.15) is 16.1 Å². The lowest BCUT2D eigenvalue weighted by molar-refractivity contribution is -0.124. The number of nitrogens with one attached hydrogen (secondary N) is 1. The van der Waals surface area contributed by atoms with Crippen LogP contribution in [-0.2, 0) is 16.1 Å². The average Bonchev–Trinajstić information content (AvgIpc) is 3.16. The van der Waals surface area contributed by atoms with Crippen LogP contribution in [0, 0.1) is 5.82 Å². The van der Waals surface area contributed by atoms with E-state index in [0.717, 1.165) is 5.56 Å². The molecule has 0 radical (unpaired) electrons. The van der Waals surface area contributed by atoms with E-state index in [1.807, 2.05) is 6.07 Å². The Morgan fingerprint density at radius 2 is 1.78 bits per heavy atom. The summed E-state index contributed by atoms with van der Waals surface area (Å²) in [5.74, 6) is -1.25. The molecule has 0 spiro atoms. The van der Waals surface area contributed by atoms with Crippen molar-refractivity contribution in [1.29, 1.82) is 0 Å². The van der Waals surface area contributed by atoms with Gasteiger partial charge in [0.05, 0.1) is 0 Å². The lowest BCUT2D eigenvalue weighted by Crippen LogP contribution is -2.28. The third-order valence-electron chi connectivity index (χ3n) is 3.70. The molecule has 1 amide bonds. The van der Waals surface area contributed by atoms with E-state index < -0.39 is 18.5 Å². The first-order valence-electron chi connectivity index (χ1n) is 8.06. The fourth-order valence-electron chi connectivity index (χ4n) is 2.31. The molecule has 0 atom stereocenters. The van der Waals surface area contributed by atoms with Crippen LogP contribution in [0.15, 0.2) is 65.1 Å². The maximum absolute atomic E-state index is 13.0. The molecule has 3 rings (SSSR count). The number of carbonyl (C=O) groups is 2. The molecular weight excluding hydrogens is 373 g/mol. The quantitative estimate of drug-likeness (QED) is 0.643. The Labute approximate surface area is 159 Å². The zero-order valence-corrected chi connectivity index (χ0v) is 14.8. The van der Waals surface area contributed by atoms with E-state index in [1.165, 1.54) is 30.3 Å². The van der Waals surface area contributed by atoms with Gasteiger partial charge in [-0.3, -0.25) is 4.79 Å². The van der Waals surface area contributed by atoms with Crippen molar-refractivity contribution < 1.29 is 23.1 Å². The maximum Gasteiger partial charge on any atom is 0.374 e. The Morgan fingerprint density at radius 1 is 1.04 bits per heavy atom. The van der Waals surface area contributed by atoms with Gasteiger partial charge in [-0.2, -0.15) is 0 Å². The van der Waals surface area contributed by atoms with E-state index in [2.05, 4.69) is 5.32 Å². The average molecular weight is 388 g/mol. The van der Waals surface area contributed by atoms with E-state index >= 15 is 0 Å². The first-order valence-corrected chi connectivity index (χ1v) is 8.44. The van der Waals surface area contributed by atoms with E-state index in [0.29, 0.717) is 16.3 Å². The third kappa shape index (κ3) is 4.95. The minimum Gasteiger partial charge on any atom is -0.450 e. The number of rotatable bonds is 6. The molecule has 0 aliphatic heterocycles. The zero-order valence-electron chi connectivity index (χ0n) is 14.1. The number of furan rings is 1. The van der Waals surface area contributed by atoms with Crippen LogP contribution in [0.25, 0.3) is 11.3 Å². The predicted octanol–water partition coefficient (Wildman–Crippen LogP) is 4.21. The number of benzene rings is 2. The fraction of sp³-hybridized carbons (Fsp3) is 0.100. The van der Waals surface area contributed by atoms with Crippen molar-refractivity contribution in [1.82, 2.24) is 5.32 Å². The third-order valence-corrected chi connectivity index (χ3v) is 4.07. The monoisotopic (exact) mass is 387 g/mol. The zero-order chi connectivity index (χ0) is 19.2. The molecule has 0 unspecified atom stereocenters. The molecule has 7 heteroatoms. The van der Waals surface area contributed by atoms with Crippen molar-refractivity contribution >= 4 is 23.5 Å². The van der Waals surface area contributed by atoms with Crippen molar-refractivity contribution in [3.63, 3.8) is 0 Å². The largest absolute Gasteiger partial charge is 0.450 e. The second-order valence-corrected chi connectivity index (χ2v) is 6.02. The standard InChI is InChI=1S/C20H15ClFNO4/c21-16-4-2-1-3-14(16)11-23-19(24)12-26-20(25)18-10-9-17(27-18)13-5-7-15(22)8-6-13/h1-10H,11-12H2,(H,23,24). The predicted molar refractivity (Wildman–Crippen MR) is 97.7 cm³/mol. The van der Waals surface area contributed by atoms with Crippen molar-refractivity contribution in [3.05, 3.63) is 82.8 Å². The van der Waals surface area contributed by atoms with Crippen LogP contribution < -0.4 is 5.32 Å². The van der Waals surface area contributed by atoms with Crippen LogP contribution >= 0.6 is 11.6 Å². The number of hydrogen-bond acceptors (Lipinski definition) is 4. The van der Waals surface area contributed by atoms with Gasteiger partial charge in [0.25, 0.3) is 5.91 Å². The van der Waals surface area contributed by atoms with E-state index in [-0.39, 0.29) is 18.1 Å². The Hall–Kier alpha value is -3.12.